The zero-order chi connectivity index (χ0) is 17.7. The molecule has 0 unspecified atom stereocenters. The van der Waals surface area contributed by atoms with Crippen molar-refractivity contribution in [3.8, 4) is 0 Å². The molecule has 1 heterocycles. The van der Waals surface area contributed by atoms with Crippen LogP contribution in [0.15, 0.2) is 18.2 Å². The van der Waals surface area contributed by atoms with Crippen LogP contribution in [0, 0.1) is 0 Å². The van der Waals surface area contributed by atoms with Crippen molar-refractivity contribution in [1.82, 2.24) is 5.32 Å². The van der Waals surface area contributed by atoms with Gasteiger partial charge in [0.2, 0.25) is 10.0 Å². The SMILES string of the molecule is COC(CNC(=O)c1ccc(Cl)c(N2CCCCS2(=O)=O)c1)OC. The van der Waals surface area contributed by atoms with Crippen LogP contribution >= 0.6 is 11.6 Å². The summed E-state index contributed by atoms with van der Waals surface area (Å²) in [7, 11) is -0.450. The van der Waals surface area contributed by atoms with Gasteiger partial charge in [-0.05, 0) is 31.0 Å². The third-order valence-electron chi connectivity index (χ3n) is 3.78. The number of nitrogens with one attached hydrogen (secondary N) is 1. The first kappa shape index (κ1) is 19.0. The van der Waals surface area contributed by atoms with Crippen molar-refractivity contribution in [3.05, 3.63) is 28.8 Å². The Morgan fingerprint density at radius 2 is 2.04 bits per heavy atom. The summed E-state index contributed by atoms with van der Waals surface area (Å²) in [6.07, 6.45) is 0.838. The maximum atomic E-state index is 12.3. The van der Waals surface area contributed by atoms with Gasteiger partial charge >= 0.3 is 0 Å². The van der Waals surface area contributed by atoms with Crippen molar-refractivity contribution < 1.29 is 22.7 Å². The molecule has 0 bridgehead atoms. The van der Waals surface area contributed by atoms with E-state index in [1.54, 1.807) is 6.07 Å². The first-order chi connectivity index (χ1) is 11.4. The van der Waals surface area contributed by atoms with Gasteiger partial charge in [0.1, 0.15) is 0 Å². The van der Waals surface area contributed by atoms with Gasteiger partial charge in [0.05, 0.1) is 23.0 Å². The predicted octanol–water partition coefficient (Wildman–Crippen LogP) is 1.62. The molecular weight excluding hydrogens is 356 g/mol. The van der Waals surface area contributed by atoms with E-state index in [1.165, 1.54) is 30.7 Å². The van der Waals surface area contributed by atoms with Gasteiger partial charge in [0.15, 0.2) is 6.29 Å². The lowest BCUT2D eigenvalue weighted by Gasteiger charge is -2.29. The quantitative estimate of drug-likeness (QED) is 0.762. The molecule has 1 amide bonds. The van der Waals surface area contributed by atoms with Crippen molar-refractivity contribution in [1.29, 1.82) is 0 Å². The minimum Gasteiger partial charge on any atom is -0.354 e. The maximum Gasteiger partial charge on any atom is 0.251 e. The van der Waals surface area contributed by atoms with Crippen molar-refractivity contribution in [2.45, 2.75) is 19.1 Å². The van der Waals surface area contributed by atoms with Crippen molar-refractivity contribution in [3.63, 3.8) is 0 Å². The summed E-state index contributed by atoms with van der Waals surface area (Å²) in [5, 5.41) is 2.97. The average Bonchev–Trinajstić information content (AvgIpc) is 2.56. The van der Waals surface area contributed by atoms with Gasteiger partial charge in [0, 0.05) is 26.3 Å². The second-order valence-electron chi connectivity index (χ2n) is 5.37. The number of methoxy groups -OCH3 is 2. The maximum absolute atomic E-state index is 12.3. The molecule has 9 heteroatoms. The normalized spacial score (nSPS) is 17.1. The smallest absolute Gasteiger partial charge is 0.251 e. The Bertz CT molecular complexity index is 691. The standard InChI is InChI=1S/C15H21ClN2O5S/c1-22-14(23-2)10-17-15(19)11-5-6-12(16)13(9-11)18-7-3-4-8-24(18,20)21/h5-6,9,14H,3-4,7-8,10H2,1-2H3,(H,17,19). The average molecular weight is 377 g/mol. The molecule has 0 saturated carbocycles. The van der Waals surface area contributed by atoms with E-state index in [1.807, 2.05) is 0 Å². The van der Waals surface area contributed by atoms with Crippen LogP contribution in [0.25, 0.3) is 0 Å². The first-order valence-electron chi connectivity index (χ1n) is 7.53. The highest BCUT2D eigenvalue weighted by Crippen LogP contribution is 2.31. The third kappa shape index (κ3) is 4.38. The molecule has 1 N–H and O–H groups in total. The molecule has 1 aliphatic heterocycles. The molecule has 1 aliphatic rings. The lowest BCUT2D eigenvalue weighted by Crippen LogP contribution is -2.38. The van der Waals surface area contributed by atoms with E-state index >= 15 is 0 Å². The van der Waals surface area contributed by atoms with Gasteiger partial charge in [-0.15, -0.1) is 0 Å². The van der Waals surface area contributed by atoms with Gasteiger partial charge < -0.3 is 14.8 Å². The molecule has 1 aromatic carbocycles. The molecule has 0 aliphatic carbocycles. The summed E-state index contributed by atoms with van der Waals surface area (Å²) in [5.74, 6) is -0.273. The fourth-order valence-corrected chi connectivity index (χ4v) is 4.36. The zero-order valence-corrected chi connectivity index (χ0v) is 15.2. The number of hydrogen-bond acceptors (Lipinski definition) is 5. The Hall–Kier alpha value is -1.35. The Morgan fingerprint density at radius 1 is 1.33 bits per heavy atom. The minimum atomic E-state index is -3.40. The molecule has 0 spiro atoms. The van der Waals surface area contributed by atoms with Crippen LogP contribution in [-0.2, 0) is 19.5 Å². The summed E-state index contributed by atoms with van der Waals surface area (Å²) in [6.45, 7) is 0.536. The fraction of sp³-hybridized carbons (Fsp3) is 0.533. The van der Waals surface area contributed by atoms with Crippen LogP contribution in [-0.4, -0.2) is 53.7 Å². The molecule has 7 nitrogen and oxygen atoms in total. The summed E-state index contributed by atoms with van der Waals surface area (Å²) in [4.78, 5) is 12.3. The number of sulfonamides is 1. The number of nitrogens with zero attached hydrogens (tertiary/aromatic N) is 1. The first-order valence-corrected chi connectivity index (χ1v) is 9.51. The molecule has 0 radical (unpaired) electrons. The van der Waals surface area contributed by atoms with Crippen molar-refractivity contribution >= 4 is 33.2 Å². The fourth-order valence-electron chi connectivity index (χ4n) is 2.45. The largest absolute Gasteiger partial charge is 0.354 e. The number of amides is 1. The van der Waals surface area contributed by atoms with E-state index in [4.69, 9.17) is 21.1 Å². The number of hydrogen-bond donors (Lipinski definition) is 1. The van der Waals surface area contributed by atoms with Crippen LogP contribution in [0.5, 0.6) is 0 Å². The number of halogens is 1. The van der Waals surface area contributed by atoms with E-state index in [-0.39, 0.29) is 18.2 Å². The predicted molar refractivity (Wildman–Crippen MR) is 92.0 cm³/mol. The van der Waals surface area contributed by atoms with Gasteiger partial charge in [-0.25, -0.2) is 8.42 Å². The molecular formula is C15H21ClN2O5S. The Morgan fingerprint density at radius 3 is 2.67 bits per heavy atom. The highest BCUT2D eigenvalue weighted by Gasteiger charge is 2.28. The zero-order valence-electron chi connectivity index (χ0n) is 13.6. The van der Waals surface area contributed by atoms with Crippen LogP contribution in [0.2, 0.25) is 5.02 Å². The highest BCUT2D eigenvalue weighted by molar-refractivity contribution is 7.92. The molecule has 24 heavy (non-hydrogen) atoms. The van der Waals surface area contributed by atoms with Gasteiger partial charge in [-0.3, -0.25) is 9.10 Å². The summed E-state index contributed by atoms with van der Waals surface area (Å²) >= 11 is 6.16. The van der Waals surface area contributed by atoms with E-state index in [2.05, 4.69) is 5.32 Å². The molecule has 1 aromatic rings. The van der Waals surface area contributed by atoms with Crippen molar-refractivity contribution in [2.24, 2.45) is 0 Å². The topological polar surface area (TPSA) is 84.9 Å². The van der Waals surface area contributed by atoms with E-state index in [9.17, 15) is 13.2 Å². The third-order valence-corrected chi connectivity index (χ3v) is 5.96. The second-order valence-corrected chi connectivity index (χ2v) is 7.79. The lowest BCUT2D eigenvalue weighted by molar-refractivity contribution is -0.0974. The van der Waals surface area contributed by atoms with E-state index < -0.39 is 16.3 Å². The van der Waals surface area contributed by atoms with Crippen LogP contribution < -0.4 is 9.62 Å². The number of benzene rings is 1. The second kappa shape index (κ2) is 8.15. The highest BCUT2D eigenvalue weighted by atomic mass is 35.5. The summed E-state index contributed by atoms with van der Waals surface area (Å²) in [5.41, 5.74) is 0.653. The number of carbonyl (C=O) groups excluding carboxylic acids is 1. The van der Waals surface area contributed by atoms with Crippen LogP contribution in [0.1, 0.15) is 23.2 Å². The van der Waals surface area contributed by atoms with Crippen LogP contribution in [0.3, 0.4) is 0 Å². The van der Waals surface area contributed by atoms with E-state index in [0.717, 1.165) is 6.42 Å². The van der Waals surface area contributed by atoms with Crippen LogP contribution in [0.4, 0.5) is 5.69 Å². The molecule has 0 aromatic heterocycles. The summed E-state index contributed by atoms with van der Waals surface area (Å²) in [6, 6.07) is 4.57. The lowest BCUT2D eigenvalue weighted by atomic mass is 10.1. The van der Waals surface area contributed by atoms with E-state index in [0.29, 0.717) is 29.2 Å². The summed E-state index contributed by atoms with van der Waals surface area (Å²) < 4.78 is 35.8. The number of anilines is 1. The van der Waals surface area contributed by atoms with Gasteiger partial charge in [-0.1, -0.05) is 11.6 Å². The molecule has 2 rings (SSSR count). The molecule has 1 saturated heterocycles. The Kier molecular flexibility index (Phi) is 6.45. The number of ether oxygens (including phenoxy) is 2. The Labute approximate surface area is 146 Å². The number of rotatable bonds is 6. The van der Waals surface area contributed by atoms with Gasteiger partial charge in [0.25, 0.3) is 5.91 Å². The molecule has 1 fully saturated rings. The number of carbonyl (C=O) groups is 1. The molecule has 0 atom stereocenters. The van der Waals surface area contributed by atoms with Gasteiger partial charge in [-0.2, -0.15) is 0 Å². The molecule has 134 valence electrons. The minimum absolute atomic E-state index is 0.0864. The monoisotopic (exact) mass is 376 g/mol. The Balaban J connectivity index is 2.20. The van der Waals surface area contributed by atoms with Crippen molar-refractivity contribution in [2.75, 3.05) is 37.4 Å².